The summed E-state index contributed by atoms with van der Waals surface area (Å²) in [5.74, 6) is -0.224. The second-order valence-electron chi connectivity index (χ2n) is 3.05. The van der Waals surface area contributed by atoms with Gasteiger partial charge >= 0.3 is 5.97 Å². The Morgan fingerprint density at radius 1 is 1.62 bits per heavy atom. The Bertz CT molecular complexity index is 187. The van der Waals surface area contributed by atoms with Crippen molar-refractivity contribution in [3.63, 3.8) is 0 Å². The van der Waals surface area contributed by atoms with Crippen LogP contribution >= 0.6 is 0 Å². The molecule has 0 aromatic carbocycles. The first-order valence-corrected chi connectivity index (χ1v) is 4.78. The highest BCUT2D eigenvalue weighted by molar-refractivity contribution is 5.75. The fourth-order valence-corrected chi connectivity index (χ4v) is 1.10. The highest BCUT2D eigenvalue weighted by Crippen LogP contribution is 2.08. The molecular weight excluding hydrogens is 168 g/mol. The first kappa shape index (κ1) is 10.3. The average molecular weight is 184 g/mol. The smallest absolute Gasteiger partial charge is 0.335 e. The maximum atomic E-state index is 11.3. The molecule has 0 saturated heterocycles. The molecule has 1 aliphatic rings. The van der Waals surface area contributed by atoms with Crippen molar-refractivity contribution in [2.24, 2.45) is 0 Å². The average Bonchev–Trinajstić information content (AvgIpc) is 2.19. The Morgan fingerprint density at radius 3 is 3.08 bits per heavy atom. The molecule has 0 fully saturated rings. The first-order chi connectivity index (χ1) is 6.34. The number of rotatable bonds is 4. The molecule has 0 bridgehead atoms. The van der Waals surface area contributed by atoms with E-state index in [1.807, 2.05) is 12.2 Å². The van der Waals surface area contributed by atoms with Crippen LogP contribution < -0.4 is 0 Å². The molecule has 1 rings (SSSR count). The van der Waals surface area contributed by atoms with E-state index in [4.69, 9.17) is 9.47 Å². The fraction of sp³-hybridized carbons (Fsp3) is 0.700. The molecule has 1 heterocycles. The van der Waals surface area contributed by atoms with E-state index in [-0.39, 0.29) is 12.1 Å². The predicted octanol–water partition coefficient (Wildman–Crippen LogP) is 1.67. The van der Waals surface area contributed by atoms with E-state index in [0.717, 1.165) is 12.8 Å². The summed E-state index contributed by atoms with van der Waals surface area (Å²) in [4.78, 5) is 11.3. The van der Waals surface area contributed by atoms with Gasteiger partial charge in [0.1, 0.15) is 0 Å². The topological polar surface area (TPSA) is 35.5 Å². The second kappa shape index (κ2) is 5.75. The minimum Gasteiger partial charge on any atom is -0.464 e. The van der Waals surface area contributed by atoms with E-state index >= 15 is 0 Å². The van der Waals surface area contributed by atoms with Crippen LogP contribution in [0.5, 0.6) is 0 Å². The largest absolute Gasteiger partial charge is 0.464 e. The SMILES string of the molecule is CCCCOC(=O)[C@H]1CC=CCO1. The fourth-order valence-electron chi connectivity index (χ4n) is 1.10. The van der Waals surface area contributed by atoms with Crippen LogP contribution in [0.25, 0.3) is 0 Å². The monoisotopic (exact) mass is 184 g/mol. The summed E-state index contributed by atoms with van der Waals surface area (Å²) < 4.78 is 10.2. The highest BCUT2D eigenvalue weighted by Gasteiger charge is 2.20. The summed E-state index contributed by atoms with van der Waals surface area (Å²) in [5, 5.41) is 0. The van der Waals surface area contributed by atoms with Gasteiger partial charge in [-0.25, -0.2) is 4.79 Å². The number of esters is 1. The van der Waals surface area contributed by atoms with Gasteiger partial charge in [0.25, 0.3) is 0 Å². The molecule has 0 aromatic heterocycles. The summed E-state index contributed by atoms with van der Waals surface area (Å²) in [6.45, 7) is 3.10. The normalized spacial score (nSPS) is 21.5. The molecule has 0 aromatic rings. The van der Waals surface area contributed by atoms with E-state index in [0.29, 0.717) is 19.6 Å². The molecule has 0 radical (unpaired) electrons. The van der Waals surface area contributed by atoms with E-state index in [1.54, 1.807) is 0 Å². The van der Waals surface area contributed by atoms with Crippen LogP contribution in [-0.4, -0.2) is 25.3 Å². The van der Waals surface area contributed by atoms with Gasteiger partial charge < -0.3 is 9.47 Å². The Kier molecular flexibility index (Phi) is 4.54. The van der Waals surface area contributed by atoms with Gasteiger partial charge in [-0.15, -0.1) is 0 Å². The Hall–Kier alpha value is -0.830. The van der Waals surface area contributed by atoms with Crippen molar-refractivity contribution in [3.05, 3.63) is 12.2 Å². The van der Waals surface area contributed by atoms with Gasteiger partial charge in [0.05, 0.1) is 13.2 Å². The van der Waals surface area contributed by atoms with Crippen molar-refractivity contribution < 1.29 is 14.3 Å². The third kappa shape index (κ3) is 3.59. The zero-order chi connectivity index (χ0) is 9.52. The molecule has 0 amide bonds. The zero-order valence-electron chi connectivity index (χ0n) is 7.99. The van der Waals surface area contributed by atoms with Gasteiger partial charge in [0.2, 0.25) is 0 Å². The van der Waals surface area contributed by atoms with Crippen LogP contribution in [0.4, 0.5) is 0 Å². The van der Waals surface area contributed by atoms with E-state index in [2.05, 4.69) is 6.92 Å². The van der Waals surface area contributed by atoms with Crippen molar-refractivity contribution in [1.82, 2.24) is 0 Å². The summed E-state index contributed by atoms with van der Waals surface area (Å²) in [6, 6.07) is 0. The number of ether oxygens (including phenoxy) is 2. The molecule has 74 valence electrons. The minimum absolute atomic E-state index is 0.224. The molecule has 3 heteroatoms. The second-order valence-corrected chi connectivity index (χ2v) is 3.05. The number of hydrogen-bond acceptors (Lipinski definition) is 3. The lowest BCUT2D eigenvalue weighted by molar-refractivity contribution is -0.156. The highest BCUT2D eigenvalue weighted by atomic mass is 16.6. The summed E-state index contributed by atoms with van der Waals surface area (Å²) in [6.07, 6.45) is 6.10. The maximum Gasteiger partial charge on any atom is 0.335 e. The molecule has 0 N–H and O–H groups in total. The van der Waals surface area contributed by atoms with Crippen molar-refractivity contribution in [2.75, 3.05) is 13.2 Å². The molecule has 0 unspecified atom stereocenters. The molecular formula is C10H16O3. The Balaban J connectivity index is 2.18. The van der Waals surface area contributed by atoms with Crippen molar-refractivity contribution >= 4 is 5.97 Å². The van der Waals surface area contributed by atoms with Crippen LogP contribution in [0.2, 0.25) is 0 Å². The van der Waals surface area contributed by atoms with Crippen LogP contribution in [0, 0.1) is 0 Å². The van der Waals surface area contributed by atoms with Gasteiger partial charge in [-0.2, -0.15) is 0 Å². The minimum atomic E-state index is -0.373. The maximum absolute atomic E-state index is 11.3. The van der Waals surface area contributed by atoms with Crippen molar-refractivity contribution in [2.45, 2.75) is 32.3 Å². The van der Waals surface area contributed by atoms with Gasteiger partial charge in [-0.3, -0.25) is 0 Å². The number of hydrogen-bond donors (Lipinski definition) is 0. The summed E-state index contributed by atoms with van der Waals surface area (Å²) >= 11 is 0. The quantitative estimate of drug-likeness (QED) is 0.379. The molecule has 0 aliphatic carbocycles. The summed E-state index contributed by atoms with van der Waals surface area (Å²) in [7, 11) is 0. The van der Waals surface area contributed by atoms with E-state index in [1.165, 1.54) is 0 Å². The lowest BCUT2D eigenvalue weighted by atomic mass is 10.2. The van der Waals surface area contributed by atoms with Crippen LogP contribution in [0.1, 0.15) is 26.2 Å². The predicted molar refractivity (Wildman–Crippen MR) is 49.4 cm³/mol. The number of unbranched alkanes of at least 4 members (excludes halogenated alkanes) is 1. The first-order valence-electron chi connectivity index (χ1n) is 4.78. The van der Waals surface area contributed by atoms with Gasteiger partial charge in [0.15, 0.2) is 6.10 Å². The molecule has 1 aliphatic heterocycles. The van der Waals surface area contributed by atoms with Gasteiger partial charge in [0, 0.05) is 6.42 Å². The van der Waals surface area contributed by atoms with Crippen LogP contribution in [-0.2, 0) is 14.3 Å². The summed E-state index contributed by atoms with van der Waals surface area (Å²) in [5.41, 5.74) is 0. The molecule has 1 atom stereocenters. The zero-order valence-corrected chi connectivity index (χ0v) is 7.99. The Morgan fingerprint density at radius 2 is 2.46 bits per heavy atom. The van der Waals surface area contributed by atoms with E-state index < -0.39 is 0 Å². The lowest BCUT2D eigenvalue weighted by Gasteiger charge is -2.17. The Labute approximate surface area is 78.7 Å². The van der Waals surface area contributed by atoms with Crippen molar-refractivity contribution in [1.29, 1.82) is 0 Å². The standard InChI is InChI=1S/C10H16O3/c1-2-3-7-13-10(11)9-6-4-5-8-12-9/h4-5,9H,2-3,6-8H2,1H3/t9-/m1/s1. The lowest BCUT2D eigenvalue weighted by Crippen LogP contribution is -2.28. The van der Waals surface area contributed by atoms with Gasteiger partial charge in [-0.05, 0) is 6.42 Å². The third-order valence-electron chi connectivity index (χ3n) is 1.92. The van der Waals surface area contributed by atoms with Crippen molar-refractivity contribution in [3.8, 4) is 0 Å². The third-order valence-corrected chi connectivity index (χ3v) is 1.92. The molecule has 13 heavy (non-hydrogen) atoms. The molecule has 3 nitrogen and oxygen atoms in total. The van der Waals surface area contributed by atoms with Gasteiger partial charge in [-0.1, -0.05) is 25.5 Å². The van der Waals surface area contributed by atoms with Crippen LogP contribution in [0.3, 0.4) is 0 Å². The number of carbonyl (C=O) groups excluding carboxylic acids is 1. The van der Waals surface area contributed by atoms with Crippen LogP contribution in [0.15, 0.2) is 12.2 Å². The molecule has 0 spiro atoms. The van der Waals surface area contributed by atoms with E-state index in [9.17, 15) is 4.79 Å². The molecule has 0 saturated carbocycles. The number of carbonyl (C=O) groups is 1.